The molecule has 3 aromatic rings. The molecule has 37 heavy (non-hydrogen) atoms. The smallest absolute Gasteiger partial charge is 0.260 e. The number of ether oxygens (including phenoxy) is 3. The monoisotopic (exact) mass is 569 g/mol. The summed E-state index contributed by atoms with van der Waals surface area (Å²) in [6.45, 7) is 16.3. The van der Waals surface area contributed by atoms with E-state index in [9.17, 15) is 4.79 Å². The van der Waals surface area contributed by atoms with Gasteiger partial charge in [-0.2, -0.15) is 0 Å². The van der Waals surface area contributed by atoms with Crippen LogP contribution in [0.3, 0.4) is 0 Å². The number of likely N-dealkylation sites (N-methyl/N-ethyl adjacent to an activating group) is 1. The molecule has 0 aliphatic heterocycles. The molecule has 0 radical (unpaired) electrons. The number of carbonyl (C=O) groups is 1. The van der Waals surface area contributed by atoms with Gasteiger partial charge in [-0.1, -0.05) is 36.8 Å². The predicted octanol–water partition coefficient (Wildman–Crippen LogP) is 6.86. The summed E-state index contributed by atoms with van der Waals surface area (Å²) in [6.07, 6.45) is 0. The number of fused-ring (bicyclic) bond motifs is 1. The Balaban J connectivity index is 0.00000481. The number of hydrogen-bond donors (Lipinski definition) is 0. The van der Waals surface area contributed by atoms with Crippen molar-refractivity contribution in [2.24, 2.45) is 0 Å². The van der Waals surface area contributed by atoms with E-state index in [1.807, 2.05) is 39.8 Å². The van der Waals surface area contributed by atoms with E-state index in [-0.39, 0.29) is 18.3 Å². The van der Waals surface area contributed by atoms with E-state index >= 15 is 0 Å². The highest BCUT2D eigenvalue weighted by Gasteiger charge is 2.26. The molecule has 7 nitrogen and oxygen atoms in total. The maximum atomic E-state index is 14.0. The van der Waals surface area contributed by atoms with Crippen molar-refractivity contribution in [3.8, 4) is 17.2 Å². The van der Waals surface area contributed by atoms with Gasteiger partial charge in [-0.25, -0.2) is 4.98 Å². The summed E-state index contributed by atoms with van der Waals surface area (Å²) in [5, 5.41) is 1.29. The molecule has 0 aliphatic carbocycles. The molecule has 0 saturated carbocycles. The average molecular weight is 571 g/mol. The number of nitrogens with zero attached hydrogens (tertiary/aromatic N) is 3. The lowest BCUT2D eigenvalue weighted by Gasteiger charge is -2.25. The molecule has 0 fully saturated rings. The number of halogens is 2. The molecule has 0 saturated heterocycles. The first-order chi connectivity index (χ1) is 17.4. The summed E-state index contributed by atoms with van der Waals surface area (Å²) in [7, 11) is 0. The highest BCUT2D eigenvalue weighted by atomic mass is 35.5. The van der Waals surface area contributed by atoms with Crippen molar-refractivity contribution in [2.45, 2.75) is 41.5 Å². The lowest BCUT2D eigenvalue weighted by molar-refractivity contribution is 0.0982. The quantitative estimate of drug-likeness (QED) is 0.224. The van der Waals surface area contributed by atoms with Gasteiger partial charge in [-0.3, -0.25) is 9.69 Å². The van der Waals surface area contributed by atoms with Crippen LogP contribution in [0.2, 0.25) is 5.02 Å². The van der Waals surface area contributed by atoms with Gasteiger partial charge in [0, 0.05) is 23.7 Å². The van der Waals surface area contributed by atoms with E-state index in [1.54, 1.807) is 17.0 Å². The molecule has 1 heterocycles. The minimum atomic E-state index is -0.171. The molecule has 0 atom stereocenters. The first kappa shape index (κ1) is 31.0. The van der Waals surface area contributed by atoms with E-state index in [4.69, 9.17) is 30.8 Å². The fourth-order valence-electron chi connectivity index (χ4n) is 3.99. The van der Waals surface area contributed by atoms with Crippen molar-refractivity contribution in [2.75, 3.05) is 50.9 Å². The number of benzene rings is 2. The van der Waals surface area contributed by atoms with Gasteiger partial charge in [0.1, 0.15) is 0 Å². The third-order valence-electron chi connectivity index (χ3n) is 5.81. The van der Waals surface area contributed by atoms with Gasteiger partial charge in [0.15, 0.2) is 16.6 Å². The number of anilines is 1. The fraction of sp³-hybridized carbons (Fsp3) is 0.481. The van der Waals surface area contributed by atoms with Crippen molar-refractivity contribution < 1.29 is 19.0 Å². The molecule has 1 aromatic heterocycles. The lowest BCUT2D eigenvalue weighted by atomic mass is 10.1. The third-order valence-corrected chi connectivity index (χ3v) is 7.05. The molecule has 0 N–H and O–H groups in total. The van der Waals surface area contributed by atoms with Crippen LogP contribution in [0.15, 0.2) is 24.3 Å². The van der Waals surface area contributed by atoms with Crippen molar-refractivity contribution in [1.82, 2.24) is 9.88 Å². The molecule has 2 aromatic carbocycles. The molecule has 204 valence electrons. The van der Waals surface area contributed by atoms with E-state index in [2.05, 4.69) is 18.7 Å². The molecule has 0 unspecified atom stereocenters. The van der Waals surface area contributed by atoms with Gasteiger partial charge in [0.25, 0.3) is 5.91 Å². The Hall–Kier alpha value is -2.26. The summed E-state index contributed by atoms with van der Waals surface area (Å²) < 4.78 is 18.5. The Labute approximate surface area is 235 Å². The van der Waals surface area contributed by atoms with Crippen LogP contribution in [0.4, 0.5) is 5.13 Å². The summed E-state index contributed by atoms with van der Waals surface area (Å²) in [5.74, 6) is 1.32. The number of hydrogen-bond acceptors (Lipinski definition) is 7. The second-order valence-electron chi connectivity index (χ2n) is 8.15. The van der Waals surface area contributed by atoms with Crippen LogP contribution in [0, 0.1) is 6.92 Å². The topological polar surface area (TPSA) is 64.1 Å². The van der Waals surface area contributed by atoms with Crippen molar-refractivity contribution in [3.63, 3.8) is 0 Å². The minimum Gasteiger partial charge on any atom is -0.490 e. The van der Waals surface area contributed by atoms with Gasteiger partial charge in [-0.15, -0.1) is 12.4 Å². The van der Waals surface area contributed by atoms with Crippen LogP contribution in [-0.4, -0.2) is 61.8 Å². The Kier molecular flexibility index (Phi) is 12.2. The Morgan fingerprint density at radius 3 is 2.05 bits per heavy atom. The van der Waals surface area contributed by atoms with E-state index < -0.39 is 0 Å². The Morgan fingerprint density at radius 2 is 1.51 bits per heavy atom. The molecule has 0 spiro atoms. The predicted molar refractivity (Wildman–Crippen MR) is 156 cm³/mol. The summed E-state index contributed by atoms with van der Waals surface area (Å²) in [4.78, 5) is 22.9. The number of aromatic nitrogens is 1. The van der Waals surface area contributed by atoms with Crippen LogP contribution >= 0.6 is 35.3 Å². The Bertz CT molecular complexity index is 1160. The third kappa shape index (κ3) is 7.41. The van der Waals surface area contributed by atoms with Crippen LogP contribution in [0.5, 0.6) is 17.2 Å². The highest BCUT2D eigenvalue weighted by Crippen LogP contribution is 2.40. The van der Waals surface area contributed by atoms with E-state index in [0.717, 1.165) is 35.4 Å². The molecule has 1 amide bonds. The largest absolute Gasteiger partial charge is 0.490 e. The van der Waals surface area contributed by atoms with Crippen molar-refractivity contribution in [3.05, 3.63) is 40.4 Å². The standard InChI is InChI=1S/C27H36ClN3O4S.ClH/c1-7-30(8-2)12-13-31(27-29-24-18(6)14-20(28)17-23(24)36-27)26(32)19-15-21(33-9-3)25(35-11-5)22(16-19)34-10-4;/h14-17H,7-13H2,1-6H3;1H. The molecular weight excluding hydrogens is 533 g/mol. The van der Waals surface area contributed by atoms with Gasteiger partial charge >= 0.3 is 0 Å². The first-order valence-electron chi connectivity index (χ1n) is 12.5. The number of carbonyl (C=O) groups excluding carboxylic acids is 1. The number of thiazole rings is 1. The number of rotatable bonds is 13. The molecule has 0 aliphatic rings. The van der Waals surface area contributed by atoms with E-state index in [0.29, 0.717) is 59.3 Å². The van der Waals surface area contributed by atoms with Crippen LogP contribution < -0.4 is 19.1 Å². The minimum absolute atomic E-state index is 0. The van der Waals surface area contributed by atoms with Gasteiger partial charge in [-0.05, 0) is 70.6 Å². The maximum absolute atomic E-state index is 14.0. The first-order valence-corrected chi connectivity index (χ1v) is 13.7. The molecule has 3 rings (SSSR count). The van der Waals surface area contributed by atoms with Gasteiger partial charge in [0.2, 0.25) is 5.75 Å². The lowest BCUT2D eigenvalue weighted by Crippen LogP contribution is -2.39. The zero-order valence-corrected chi connectivity index (χ0v) is 24.8. The summed E-state index contributed by atoms with van der Waals surface area (Å²) in [5.41, 5.74) is 2.30. The zero-order chi connectivity index (χ0) is 26.2. The van der Waals surface area contributed by atoms with Crippen molar-refractivity contribution in [1.29, 1.82) is 0 Å². The van der Waals surface area contributed by atoms with Crippen LogP contribution in [0.1, 0.15) is 50.5 Å². The number of amides is 1. The average Bonchev–Trinajstić information content (AvgIpc) is 3.27. The van der Waals surface area contributed by atoms with Crippen molar-refractivity contribution >= 4 is 56.6 Å². The van der Waals surface area contributed by atoms with Gasteiger partial charge < -0.3 is 19.1 Å². The second kappa shape index (κ2) is 14.6. The molecule has 0 bridgehead atoms. The zero-order valence-electron chi connectivity index (χ0n) is 22.4. The maximum Gasteiger partial charge on any atom is 0.260 e. The fourth-order valence-corrected chi connectivity index (χ4v) is 5.44. The SMILES string of the molecule is CCOc1cc(C(=O)N(CCN(CC)CC)c2nc3c(C)cc(Cl)cc3s2)cc(OCC)c1OCC.Cl. The Morgan fingerprint density at radius 1 is 0.919 bits per heavy atom. The molecule has 10 heteroatoms. The summed E-state index contributed by atoms with van der Waals surface area (Å²) >= 11 is 7.77. The van der Waals surface area contributed by atoms with Gasteiger partial charge in [0.05, 0.1) is 30.0 Å². The van der Waals surface area contributed by atoms with Crippen LogP contribution in [-0.2, 0) is 0 Å². The normalized spacial score (nSPS) is 10.9. The molecular formula is C27H37Cl2N3O4S. The summed E-state index contributed by atoms with van der Waals surface area (Å²) in [6, 6.07) is 7.26. The number of aryl methyl sites for hydroxylation is 1. The second-order valence-corrected chi connectivity index (χ2v) is 9.60. The highest BCUT2D eigenvalue weighted by molar-refractivity contribution is 7.22. The van der Waals surface area contributed by atoms with E-state index in [1.165, 1.54) is 11.3 Å². The van der Waals surface area contributed by atoms with Crippen LogP contribution in [0.25, 0.3) is 10.2 Å².